The highest BCUT2D eigenvalue weighted by molar-refractivity contribution is 6.03. The van der Waals surface area contributed by atoms with Gasteiger partial charge < -0.3 is 15.1 Å². The Morgan fingerprint density at radius 2 is 2.08 bits per heavy atom. The number of piperidine rings is 1. The molecule has 0 bridgehead atoms. The van der Waals surface area contributed by atoms with Gasteiger partial charge in [-0.1, -0.05) is 5.21 Å². The first kappa shape index (κ1) is 15.5. The second-order valence-electron chi connectivity index (χ2n) is 7.03. The summed E-state index contributed by atoms with van der Waals surface area (Å²) < 4.78 is 7.61. The lowest BCUT2D eigenvalue weighted by atomic mass is 10.1. The Balaban J connectivity index is 1.31. The van der Waals surface area contributed by atoms with E-state index in [4.69, 9.17) is 4.42 Å². The highest BCUT2D eigenvalue weighted by atomic mass is 16.3. The first-order chi connectivity index (χ1) is 12.8. The third-order valence-corrected chi connectivity index (χ3v) is 5.02. The molecule has 1 saturated heterocycles. The molecule has 0 spiro atoms. The van der Waals surface area contributed by atoms with Gasteiger partial charge in [-0.2, -0.15) is 0 Å². The van der Waals surface area contributed by atoms with Crippen molar-refractivity contribution in [3.05, 3.63) is 36.0 Å². The summed E-state index contributed by atoms with van der Waals surface area (Å²) in [6.07, 6.45) is 6.00. The molecule has 26 heavy (non-hydrogen) atoms. The Labute approximate surface area is 150 Å². The third kappa shape index (κ3) is 2.96. The van der Waals surface area contributed by atoms with Crippen LogP contribution in [0.4, 0.5) is 5.69 Å². The Morgan fingerprint density at radius 3 is 2.88 bits per heavy atom. The Morgan fingerprint density at radius 1 is 1.23 bits per heavy atom. The molecule has 3 heterocycles. The number of carbonyl (C=O) groups excluding carboxylic acids is 1. The number of oxazole rings is 1. The number of anilines is 1. The van der Waals surface area contributed by atoms with E-state index in [2.05, 4.69) is 25.9 Å². The highest BCUT2D eigenvalue weighted by Crippen LogP contribution is 2.40. The predicted molar refractivity (Wildman–Crippen MR) is 95.1 cm³/mol. The van der Waals surface area contributed by atoms with Crippen molar-refractivity contribution in [2.24, 2.45) is 0 Å². The van der Waals surface area contributed by atoms with Gasteiger partial charge in [0.1, 0.15) is 5.52 Å². The number of carbonyl (C=O) groups is 1. The zero-order valence-corrected chi connectivity index (χ0v) is 14.3. The summed E-state index contributed by atoms with van der Waals surface area (Å²) in [6.45, 7) is 1.93. The molecule has 2 aliphatic rings. The Bertz CT molecular complexity index is 952. The normalized spacial score (nSPS) is 18.3. The number of fused-ring (bicyclic) bond motifs is 1. The summed E-state index contributed by atoms with van der Waals surface area (Å²) in [5, 5.41) is 14.3. The van der Waals surface area contributed by atoms with E-state index >= 15 is 0 Å². The van der Waals surface area contributed by atoms with Gasteiger partial charge in [-0.05, 0) is 50.9 Å². The fourth-order valence-corrected chi connectivity index (χ4v) is 3.35. The van der Waals surface area contributed by atoms with Gasteiger partial charge >= 0.3 is 0 Å². The van der Waals surface area contributed by atoms with Crippen LogP contribution >= 0.6 is 0 Å². The average Bonchev–Trinajstić information content (AvgIpc) is 3.24. The van der Waals surface area contributed by atoms with Crippen molar-refractivity contribution < 1.29 is 9.21 Å². The van der Waals surface area contributed by atoms with E-state index in [-0.39, 0.29) is 5.91 Å². The zero-order chi connectivity index (χ0) is 17.5. The van der Waals surface area contributed by atoms with Crippen molar-refractivity contribution in [2.45, 2.75) is 37.6 Å². The Hall–Kier alpha value is -2.74. The second-order valence-corrected chi connectivity index (χ2v) is 7.03. The van der Waals surface area contributed by atoms with E-state index in [9.17, 15) is 4.79 Å². The lowest BCUT2D eigenvalue weighted by Gasteiger charge is -2.22. The molecule has 0 radical (unpaired) electrons. The standard InChI is InChI=1S/C18H20N6O2/c25-17(15-10-24(23-22-15)13-5-7-19-8-6-13)20-12-3-4-14-16(9-12)26-18(21-14)11-1-2-11/h3-4,9-11,13,19H,1-2,5-8H2,(H,20,25). The maximum atomic E-state index is 12.5. The first-order valence-corrected chi connectivity index (χ1v) is 9.11. The van der Waals surface area contributed by atoms with Crippen molar-refractivity contribution in [1.29, 1.82) is 0 Å². The number of benzene rings is 1. The van der Waals surface area contributed by atoms with Crippen LogP contribution in [0.1, 0.15) is 54.0 Å². The lowest BCUT2D eigenvalue weighted by Crippen LogP contribution is -2.29. The minimum absolute atomic E-state index is 0.272. The number of aromatic nitrogens is 4. The van der Waals surface area contributed by atoms with Gasteiger partial charge in [-0.3, -0.25) is 4.79 Å². The summed E-state index contributed by atoms with van der Waals surface area (Å²) in [6, 6.07) is 5.81. The minimum Gasteiger partial charge on any atom is -0.440 e. The van der Waals surface area contributed by atoms with E-state index < -0.39 is 0 Å². The maximum Gasteiger partial charge on any atom is 0.277 e. The molecule has 1 amide bonds. The van der Waals surface area contributed by atoms with Crippen LogP contribution in [-0.2, 0) is 0 Å². The molecule has 8 heteroatoms. The number of amides is 1. The average molecular weight is 352 g/mol. The number of hydrogen-bond acceptors (Lipinski definition) is 6. The van der Waals surface area contributed by atoms with Gasteiger partial charge in [0.2, 0.25) is 0 Å². The zero-order valence-electron chi connectivity index (χ0n) is 14.3. The number of hydrogen-bond donors (Lipinski definition) is 2. The van der Waals surface area contributed by atoms with Gasteiger partial charge in [-0.15, -0.1) is 5.10 Å². The highest BCUT2D eigenvalue weighted by Gasteiger charge is 2.29. The van der Waals surface area contributed by atoms with Crippen molar-refractivity contribution >= 4 is 22.7 Å². The number of nitrogens with zero attached hydrogens (tertiary/aromatic N) is 4. The molecule has 134 valence electrons. The van der Waals surface area contributed by atoms with E-state index in [1.165, 1.54) is 0 Å². The van der Waals surface area contributed by atoms with Gasteiger partial charge in [0, 0.05) is 17.7 Å². The molecule has 8 nitrogen and oxygen atoms in total. The predicted octanol–water partition coefficient (Wildman–Crippen LogP) is 2.47. The second kappa shape index (κ2) is 6.21. The fourth-order valence-electron chi connectivity index (χ4n) is 3.35. The van der Waals surface area contributed by atoms with E-state index in [0.717, 1.165) is 50.2 Å². The van der Waals surface area contributed by atoms with Crippen LogP contribution in [0.3, 0.4) is 0 Å². The van der Waals surface area contributed by atoms with Gasteiger partial charge in [0.15, 0.2) is 17.2 Å². The van der Waals surface area contributed by atoms with Crippen molar-refractivity contribution in [2.75, 3.05) is 18.4 Å². The topological polar surface area (TPSA) is 97.9 Å². The molecular formula is C18H20N6O2. The monoisotopic (exact) mass is 352 g/mol. The molecule has 2 fully saturated rings. The minimum atomic E-state index is -0.272. The van der Waals surface area contributed by atoms with E-state index in [1.54, 1.807) is 10.9 Å². The van der Waals surface area contributed by atoms with Crippen LogP contribution in [0, 0.1) is 0 Å². The molecule has 5 rings (SSSR count). The molecule has 1 aliphatic heterocycles. The molecule has 1 aliphatic carbocycles. The number of rotatable bonds is 4. The SMILES string of the molecule is O=C(Nc1ccc2nc(C3CC3)oc2c1)c1cn(C2CCNCC2)nn1. The Kier molecular flexibility index (Phi) is 3.70. The summed E-state index contributed by atoms with van der Waals surface area (Å²) >= 11 is 0. The third-order valence-electron chi connectivity index (χ3n) is 5.02. The summed E-state index contributed by atoms with van der Waals surface area (Å²) in [4.78, 5) is 17.0. The largest absolute Gasteiger partial charge is 0.440 e. The van der Waals surface area contributed by atoms with Gasteiger partial charge in [0.05, 0.1) is 12.2 Å². The smallest absolute Gasteiger partial charge is 0.277 e. The molecular weight excluding hydrogens is 332 g/mol. The molecule has 3 aromatic rings. The van der Waals surface area contributed by atoms with E-state index in [0.29, 0.717) is 28.9 Å². The van der Waals surface area contributed by atoms with Crippen LogP contribution in [-0.4, -0.2) is 39.0 Å². The van der Waals surface area contributed by atoms with Crippen LogP contribution < -0.4 is 10.6 Å². The first-order valence-electron chi connectivity index (χ1n) is 9.11. The fraction of sp³-hybridized carbons (Fsp3) is 0.444. The molecule has 1 aromatic carbocycles. The molecule has 1 saturated carbocycles. The summed E-state index contributed by atoms with van der Waals surface area (Å²) in [5.74, 6) is 0.991. The van der Waals surface area contributed by atoms with E-state index in [1.807, 2.05) is 18.2 Å². The van der Waals surface area contributed by atoms with Gasteiger partial charge in [0.25, 0.3) is 5.91 Å². The maximum absolute atomic E-state index is 12.5. The summed E-state index contributed by atoms with van der Waals surface area (Å²) in [7, 11) is 0. The quantitative estimate of drug-likeness (QED) is 0.748. The molecule has 0 atom stereocenters. The van der Waals surface area contributed by atoms with Gasteiger partial charge in [-0.25, -0.2) is 9.67 Å². The van der Waals surface area contributed by atoms with Crippen molar-refractivity contribution in [3.8, 4) is 0 Å². The molecule has 2 N–H and O–H groups in total. The molecule has 2 aromatic heterocycles. The van der Waals surface area contributed by atoms with Crippen LogP contribution in [0.5, 0.6) is 0 Å². The van der Waals surface area contributed by atoms with Crippen molar-refractivity contribution in [3.63, 3.8) is 0 Å². The lowest BCUT2D eigenvalue weighted by molar-refractivity contribution is 0.102. The number of nitrogens with one attached hydrogen (secondary N) is 2. The van der Waals surface area contributed by atoms with Crippen LogP contribution in [0.2, 0.25) is 0 Å². The molecule has 0 unspecified atom stereocenters. The van der Waals surface area contributed by atoms with Crippen molar-refractivity contribution in [1.82, 2.24) is 25.3 Å². The van der Waals surface area contributed by atoms with Crippen LogP contribution in [0.25, 0.3) is 11.1 Å². The summed E-state index contributed by atoms with van der Waals surface area (Å²) in [5.41, 5.74) is 2.50. The van der Waals surface area contributed by atoms with Crippen LogP contribution in [0.15, 0.2) is 28.8 Å².